The van der Waals surface area contributed by atoms with E-state index in [0.717, 1.165) is 22.3 Å². The molecule has 0 bridgehead atoms. The first-order chi connectivity index (χ1) is 10.3. The van der Waals surface area contributed by atoms with Crippen LogP contribution in [0.2, 0.25) is 0 Å². The zero-order valence-corrected chi connectivity index (χ0v) is 12.5. The number of rotatable bonds is 4. The summed E-state index contributed by atoms with van der Waals surface area (Å²) in [5.74, 6) is 0.610. The fourth-order valence-electron chi connectivity index (χ4n) is 2.53. The zero-order chi connectivity index (χ0) is 14.5. The van der Waals surface area contributed by atoms with Crippen LogP contribution in [0.15, 0.2) is 30.4 Å². The number of nitrogens with one attached hydrogen (secondary N) is 2. The summed E-state index contributed by atoms with van der Waals surface area (Å²) in [4.78, 5) is 11.9. The molecule has 5 nitrogen and oxygen atoms in total. The summed E-state index contributed by atoms with van der Waals surface area (Å²) >= 11 is 1.32. The normalized spacial score (nSPS) is 17.8. The summed E-state index contributed by atoms with van der Waals surface area (Å²) in [5.41, 5.74) is 1.62. The van der Waals surface area contributed by atoms with Gasteiger partial charge >= 0.3 is 6.03 Å². The van der Waals surface area contributed by atoms with Gasteiger partial charge in [-0.15, -0.1) is 5.10 Å². The molecule has 2 aromatic rings. The molecule has 2 N–H and O–H groups in total. The number of aromatic nitrogens is 2. The molecular weight excluding hydrogens is 284 g/mol. The number of fused-ring (bicyclic) bond motifs is 1. The number of nitrogens with zero attached hydrogens (tertiary/aromatic N) is 2. The van der Waals surface area contributed by atoms with Crippen LogP contribution in [0.5, 0.6) is 0 Å². The van der Waals surface area contributed by atoms with Crippen LogP contribution in [-0.2, 0) is 0 Å². The van der Waals surface area contributed by atoms with E-state index in [2.05, 4.69) is 32.4 Å². The van der Waals surface area contributed by atoms with Crippen molar-refractivity contribution in [2.75, 3.05) is 11.9 Å². The van der Waals surface area contributed by atoms with Crippen LogP contribution in [0, 0.1) is 5.92 Å². The second-order valence-electron chi connectivity index (χ2n) is 5.24. The van der Waals surface area contributed by atoms with Gasteiger partial charge in [0, 0.05) is 12.2 Å². The van der Waals surface area contributed by atoms with E-state index in [4.69, 9.17) is 0 Å². The third-order valence-corrected chi connectivity index (χ3v) is 4.35. The number of hydrogen-bond acceptors (Lipinski definition) is 4. The molecule has 0 aliphatic heterocycles. The van der Waals surface area contributed by atoms with Gasteiger partial charge in [-0.2, -0.15) is 0 Å². The molecule has 110 valence electrons. The first-order valence-corrected chi connectivity index (χ1v) is 8.02. The van der Waals surface area contributed by atoms with E-state index in [1.807, 2.05) is 18.2 Å². The summed E-state index contributed by atoms with van der Waals surface area (Å²) in [7, 11) is 0. The third-order valence-electron chi connectivity index (χ3n) is 3.66. The van der Waals surface area contributed by atoms with Gasteiger partial charge in [-0.05, 0) is 61.3 Å². The molecule has 1 unspecified atom stereocenters. The van der Waals surface area contributed by atoms with Gasteiger partial charge in [0.25, 0.3) is 0 Å². The first-order valence-electron chi connectivity index (χ1n) is 7.25. The Labute approximate surface area is 127 Å². The average molecular weight is 302 g/mol. The minimum Gasteiger partial charge on any atom is -0.338 e. The van der Waals surface area contributed by atoms with Gasteiger partial charge in [-0.1, -0.05) is 16.6 Å². The Hall–Kier alpha value is -1.95. The molecule has 0 spiro atoms. The van der Waals surface area contributed by atoms with Crippen LogP contribution < -0.4 is 10.6 Å². The molecular formula is C15H18N4OS. The lowest BCUT2D eigenvalue weighted by Gasteiger charge is -2.16. The third kappa shape index (κ3) is 3.78. The maximum absolute atomic E-state index is 11.9. The minimum absolute atomic E-state index is 0.161. The van der Waals surface area contributed by atoms with Gasteiger partial charge in [-0.3, -0.25) is 0 Å². The summed E-state index contributed by atoms with van der Waals surface area (Å²) < 4.78 is 4.85. The number of amides is 2. The summed E-state index contributed by atoms with van der Waals surface area (Å²) in [6.07, 6.45) is 9.20. The van der Waals surface area contributed by atoms with Crippen LogP contribution in [0.25, 0.3) is 10.2 Å². The van der Waals surface area contributed by atoms with Crippen molar-refractivity contribution in [2.45, 2.75) is 25.7 Å². The predicted octanol–water partition coefficient (Wildman–Crippen LogP) is 3.56. The molecule has 1 aliphatic rings. The van der Waals surface area contributed by atoms with E-state index >= 15 is 0 Å². The minimum atomic E-state index is -0.161. The van der Waals surface area contributed by atoms with Gasteiger partial charge in [0.2, 0.25) is 0 Å². The second-order valence-corrected chi connectivity index (χ2v) is 6.03. The summed E-state index contributed by atoms with van der Waals surface area (Å²) in [6, 6.07) is 5.43. The van der Waals surface area contributed by atoms with Crippen molar-refractivity contribution in [1.82, 2.24) is 14.9 Å². The highest BCUT2D eigenvalue weighted by Gasteiger charge is 2.09. The molecule has 1 aromatic heterocycles. The van der Waals surface area contributed by atoms with Crippen molar-refractivity contribution in [3.63, 3.8) is 0 Å². The van der Waals surface area contributed by atoms with Crippen molar-refractivity contribution in [3.8, 4) is 0 Å². The Kier molecular flexibility index (Phi) is 4.45. The zero-order valence-electron chi connectivity index (χ0n) is 11.7. The lowest BCUT2D eigenvalue weighted by atomic mass is 9.93. The van der Waals surface area contributed by atoms with Crippen molar-refractivity contribution in [3.05, 3.63) is 30.4 Å². The Morgan fingerprint density at radius 1 is 1.43 bits per heavy atom. The average Bonchev–Trinajstić information content (AvgIpc) is 2.96. The molecule has 21 heavy (non-hydrogen) atoms. The number of urea groups is 1. The molecule has 0 saturated carbocycles. The topological polar surface area (TPSA) is 66.9 Å². The Morgan fingerprint density at radius 3 is 3.24 bits per heavy atom. The van der Waals surface area contributed by atoms with Crippen LogP contribution in [0.1, 0.15) is 25.7 Å². The molecule has 2 amide bonds. The number of carbonyl (C=O) groups excluding carboxylic acids is 1. The van der Waals surface area contributed by atoms with Crippen molar-refractivity contribution in [2.24, 2.45) is 5.92 Å². The molecule has 1 heterocycles. The highest BCUT2D eigenvalue weighted by Crippen LogP contribution is 2.20. The van der Waals surface area contributed by atoms with Gasteiger partial charge in [-0.25, -0.2) is 4.79 Å². The van der Waals surface area contributed by atoms with Crippen LogP contribution >= 0.6 is 11.5 Å². The van der Waals surface area contributed by atoms with E-state index < -0.39 is 0 Å². The number of hydrogen-bond donors (Lipinski definition) is 2. The fraction of sp³-hybridized carbons (Fsp3) is 0.400. The van der Waals surface area contributed by atoms with E-state index in [9.17, 15) is 4.79 Å². The summed E-state index contributed by atoms with van der Waals surface area (Å²) in [5, 5.41) is 9.73. The van der Waals surface area contributed by atoms with Gasteiger partial charge in [0.15, 0.2) is 0 Å². The maximum Gasteiger partial charge on any atom is 0.319 e. The lowest BCUT2D eigenvalue weighted by Crippen LogP contribution is -2.30. The van der Waals surface area contributed by atoms with Gasteiger partial charge < -0.3 is 10.6 Å². The van der Waals surface area contributed by atoms with E-state index in [0.29, 0.717) is 12.5 Å². The quantitative estimate of drug-likeness (QED) is 0.849. The molecule has 0 saturated heterocycles. The number of anilines is 1. The van der Waals surface area contributed by atoms with E-state index in [1.165, 1.54) is 30.8 Å². The Morgan fingerprint density at radius 2 is 2.38 bits per heavy atom. The Bertz CT molecular complexity index is 652. The largest absolute Gasteiger partial charge is 0.338 e. The standard InChI is InChI=1S/C15H18N4OS/c20-15(16-9-8-11-4-2-1-3-5-11)17-12-6-7-13-14(10-12)21-19-18-13/h2,4,6-7,10-11H,1,3,5,8-9H2,(H2,16,17,20). The van der Waals surface area contributed by atoms with Crippen molar-refractivity contribution in [1.29, 1.82) is 0 Å². The van der Waals surface area contributed by atoms with Crippen LogP contribution in [0.3, 0.4) is 0 Å². The molecule has 6 heteroatoms. The first kappa shape index (κ1) is 14.0. The maximum atomic E-state index is 11.9. The molecule has 0 fully saturated rings. The van der Waals surface area contributed by atoms with Crippen LogP contribution in [0.4, 0.5) is 10.5 Å². The van der Waals surface area contributed by atoms with Crippen molar-refractivity contribution < 1.29 is 4.79 Å². The smallest absolute Gasteiger partial charge is 0.319 e. The highest BCUT2D eigenvalue weighted by molar-refractivity contribution is 7.12. The number of benzene rings is 1. The number of carbonyl (C=O) groups is 1. The SMILES string of the molecule is O=C(NCCC1C=CCCC1)Nc1ccc2nnsc2c1. The highest BCUT2D eigenvalue weighted by atomic mass is 32.1. The lowest BCUT2D eigenvalue weighted by molar-refractivity contribution is 0.251. The molecule has 0 radical (unpaired) electrons. The van der Waals surface area contributed by atoms with E-state index in [1.54, 1.807) is 0 Å². The second kappa shape index (κ2) is 6.67. The molecule has 1 atom stereocenters. The molecule has 1 aliphatic carbocycles. The molecule has 1 aromatic carbocycles. The Balaban J connectivity index is 1.47. The monoisotopic (exact) mass is 302 g/mol. The van der Waals surface area contributed by atoms with Gasteiger partial charge in [0.1, 0.15) is 5.52 Å². The fourth-order valence-corrected chi connectivity index (χ4v) is 3.12. The van der Waals surface area contributed by atoms with Crippen LogP contribution in [-0.4, -0.2) is 22.2 Å². The van der Waals surface area contributed by atoms with Crippen molar-refractivity contribution >= 4 is 33.5 Å². The number of allylic oxidation sites excluding steroid dienone is 2. The van der Waals surface area contributed by atoms with E-state index in [-0.39, 0.29) is 6.03 Å². The predicted molar refractivity (Wildman–Crippen MR) is 85.5 cm³/mol. The molecule has 3 rings (SSSR count). The van der Waals surface area contributed by atoms with Gasteiger partial charge in [0.05, 0.1) is 4.70 Å². The summed E-state index contributed by atoms with van der Waals surface area (Å²) in [6.45, 7) is 0.700.